The van der Waals surface area contributed by atoms with Crippen LogP contribution in [0.2, 0.25) is 0 Å². The number of rotatable bonds is 3. The van der Waals surface area contributed by atoms with E-state index in [1.807, 2.05) is 0 Å². The van der Waals surface area contributed by atoms with E-state index >= 15 is 0 Å². The molecule has 16 heavy (non-hydrogen) atoms. The lowest BCUT2D eigenvalue weighted by atomic mass is 10.3. The maximum absolute atomic E-state index is 11.2. The van der Waals surface area contributed by atoms with E-state index in [9.17, 15) is 9.59 Å². The van der Waals surface area contributed by atoms with Crippen LogP contribution in [0.1, 0.15) is 27.1 Å². The maximum atomic E-state index is 11.2. The van der Waals surface area contributed by atoms with E-state index < -0.39 is 5.97 Å². The molecule has 0 aliphatic heterocycles. The van der Waals surface area contributed by atoms with Crippen LogP contribution in [0.25, 0.3) is 10.8 Å². The smallest absolute Gasteiger partial charge is 0.356 e. The number of nitrogens with zero attached hydrogens (tertiary/aromatic N) is 3. The van der Waals surface area contributed by atoms with Crippen molar-refractivity contribution in [3.05, 3.63) is 16.9 Å². The van der Waals surface area contributed by atoms with Crippen LogP contribution in [-0.4, -0.2) is 37.0 Å². The fraction of sp³-hybridized carbons (Fsp3) is 0.125. The zero-order valence-corrected chi connectivity index (χ0v) is 8.91. The molecule has 2 heterocycles. The Morgan fingerprint density at radius 2 is 2.25 bits per heavy atom. The van der Waals surface area contributed by atoms with E-state index in [0.29, 0.717) is 10.8 Å². The van der Waals surface area contributed by atoms with Crippen molar-refractivity contribution in [2.45, 2.75) is 6.92 Å². The van der Waals surface area contributed by atoms with Gasteiger partial charge in [-0.25, -0.2) is 14.8 Å². The molecule has 0 unspecified atom stereocenters. The highest BCUT2D eigenvalue weighted by Gasteiger charge is 2.21. The second-order valence-electron chi connectivity index (χ2n) is 2.89. The summed E-state index contributed by atoms with van der Waals surface area (Å²) in [5.41, 5.74) is -0.246. The molecular formula is C8H6N4O3S. The lowest BCUT2D eigenvalue weighted by Crippen LogP contribution is -2.03. The Kier molecular flexibility index (Phi) is 2.49. The molecule has 0 saturated carbocycles. The Labute approximate surface area is 93.2 Å². The standard InChI is InChI=1S/C8H6N4O3S/c1-3(13)5-4(8(14)15)11-7(16-5)6-9-2-10-12-6/h2H,1H3,(H,14,15)(H,9,10,12). The summed E-state index contributed by atoms with van der Waals surface area (Å²) >= 11 is 0.978. The minimum absolute atomic E-state index is 0.110. The Balaban J connectivity index is 2.55. The number of nitrogens with one attached hydrogen (secondary N) is 1. The van der Waals surface area contributed by atoms with E-state index in [2.05, 4.69) is 20.2 Å². The Morgan fingerprint density at radius 1 is 1.50 bits per heavy atom. The van der Waals surface area contributed by atoms with Crippen LogP contribution < -0.4 is 0 Å². The molecule has 82 valence electrons. The molecule has 2 aromatic rings. The molecule has 0 bridgehead atoms. The number of hydrogen-bond donors (Lipinski definition) is 2. The van der Waals surface area contributed by atoms with Gasteiger partial charge in [-0.1, -0.05) is 0 Å². The quantitative estimate of drug-likeness (QED) is 0.766. The molecule has 0 fully saturated rings. The third kappa shape index (κ3) is 1.70. The number of aromatic amines is 1. The lowest BCUT2D eigenvalue weighted by molar-refractivity contribution is 0.0687. The molecule has 0 saturated heterocycles. The largest absolute Gasteiger partial charge is 0.476 e. The van der Waals surface area contributed by atoms with Gasteiger partial charge in [0.15, 0.2) is 22.3 Å². The predicted molar refractivity (Wildman–Crippen MR) is 54.5 cm³/mol. The third-order valence-electron chi connectivity index (χ3n) is 1.77. The van der Waals surface area contributed by atoms with Gasteiger partial charge in [0.05, 0.1) is 0 Å². The number of Topliss-reactive ketones (excluding diaryl/α,β-unsaturated/α-hetero) is 1. The number of aromatic nitrogens is 4. The second-order valence-corrected chi connectivity index (χ2v) is 3.89. The normalized spacial score (nSPS) is 10.3. The maximum Gasteiger partial charge on any atom is 0.356 e. The Morgan fingerprint density at radius 3 is 2.69 bits per heavy atom. The van der Waals surface area contributed by atoms with Crippen LogP contribution in [0.4, 0.5) is 0 Å². The minimum atomic E-state index is -1.23. The molecule has 7 nitrogen and oxygen atoms in total. The van der Waals surface area contributed by atoms with Gasteiger partial charge in [0, 0.05) is 6.92 Å². The first kappa shape index (κ1) is 10.4. The van der Waals surface area contributed by atoms with Crippen molar-refractivity contribution in [3.63, 3.8) is 0 Å². The second kappa shape index (κ2) is 3.81. The summed E-state index contributed by atoms with van der Waals surface area (Å²) in [5.74, 6) is -1.21. The summed E-state index contributed by atoms with van der Waals surface area (Å²) in [5, 5.41) is 15.4. The Bertz CT molecular complexity index is 514. The van der Waals surface area contributed by atoms with Gasteiger partial charge in [-0.05, 0) is 0 Å². The molecule has 2 rings (SSSR count). The first-order valence-corrected chi connectivity index (χ1v) is 5.02. The average molecular weight is 238 g/mol. The molecule has 0 aromatic carbocycles. The highest BCUT2D eigenvalue weighted by atomic mass is 32.1. The Hall–Kier alpha value is -2.09. The fourth-order valence-corrected chi connectivity index (χ4v) is 2.01. The number of aromatic carboxylic acids is 1. The van der Waals surface area contributed by atoms with Gasteiger partial charge in [-0.3, -0.25) is 9.89 Å². The summed E-state index contributed by atoms with van der Waals surface area (Å²) in [6.07, 6.45) is 1.28. The van der Waals surface area contributed by atoms with Crippen LogP contribution in [0, 0.1) is 0 Å². The lowest BCUT2D eigenvalue weighted by Gasteiger charge is -1.89. The molecule has 0 amide bonds. The third-order valence-corrected chi connectivity index (χ3v) is 2.93. The van der Waals surface area contributed by atoms with Gasteiger partial charge in [0.25, 0.3) is 0 Å². The number of carboxylic acids is 1. The van der Waals surface area contributed by atoms with Crippen LogP contribution in [0.3, 0.4) is 0 Å². The topological polar surface area (TPSA) is 109 Å². The summed E-state index contributed by atoms with van der Waals surface area (Å²) < 4.78 is 0. The highest BCUT2D eigenvalue weighted by Crippen LogP contribution is 2.25. The minimum Gasteiger partial charge on any atom is -0.476 e. The predicted octanol–water partition coefficient (Wildman–Crippen LogP) is 0.829. The van der Waals surface area contributed by atoms with Crippen molar-refractivity contribution >= 4 is 23.1 Å². The molecular weight excluding hydrogens is 232 g/mol. The molecule has 0 radical (unpaired) electrons. The van der Waals surface area contributed by atoms with Crippen LogP contribution >= 0.6 is 11.3 Å². The van der Waals surface area contributed by atoms with E-state index in [-0.39, 0.29) is 16.4 Å². The average Bonchev–Trinajstić information content (AvgIpc) is 2.86. The molecule has 2 aromatic heterocycles. The van der Waals surface area contributed by atoms with Gasteiger partial charge >= 0.3 is 5.97 Å². The number of H-pyrrole nitrogens is 1. The molecule has 0 aliphatic carbocycles. The number of carbonyl (C=O) groups excluding carboxylic acids is 1. The monoisotopic (exact) mass is 238 g/mol. The van der Waals surface area contributed by atoms with Crippen LogP contribution in [0.15, 0.2) is 6.33 Å². The number of carbonyl (C=O) groups is 2. The van der Waals surface area contributed by atoms with Crippen molar-refractivity contribution in [1.29, 1.82) is 0 Å². The highest BCUT2D eigenvalue weighted by molar-refractivity contribution is 7.17. The summed E-state index contributed by atoms with van der Waals surface area (Å²) in [6, 6.07) is 0. The van der Waals surface area contributed by atoms with Crippen molar-refractivity contribution in [3.8, 4) is 10.8 Å². The van der Waals surface area contributed by atoms with Crippen LogP contribution in [0.5, 0.6) is 0 Å². The first-order chi connectivity index (χ1) is 7.59. The zero-order valence-electron chi connectivity index (χ0n) is 8.09. The van der Waals surface area contributed by atoms with Crippen molar-refractivity contribution < 1.29 is 14.7 Å². The molecule has 2 N–H and O–H groups in total. The first-order valence-electron chi connectivity index (χ1n) is 4.20. The summed E-state index contributed by atoms with van der Waals surface area (Å²) in [6.45, 7) is 1.30. The van der Waals surface area contributed by atoms with Gasteiger partial charge in [0.2, 0.25) is 0 Å². The van der Waals surface area contributed by atoms with Gasteiger partial charge < -0.3 is 5.11 Å². The number of carboxylic acid groups (broad SMARTS) is 1. The van der Waals surface area contributed by atoms with E-state index in [1.165, 1.54) is 13.3 Å². The zero-order chi connectivity index (χ0) is 11.7. The van der Waals surface area contributed by atoms with Crippen LogP contribution in [-0.2, 0) is 0 Å². The molecule has 0 spiro atoms. The summed E-state index contributed by atoms with van der Waals surface area (Å²) in [4.78, 5) is 29.9. The number of hydrogen-bond acceptors (Lipinski definition) is 6. The van der Waals surface area contributed by atoms with Crippen molar-refractivity contribution in [2.75, 3.05) is 0 Å². The number of ketones is 1. The summed E-state index contributed by atoms with van der Waals surface area (Å²) in [7, 11) is 0. The van der Waals surface area contributed by atoms with E-state index in [1.54, 1.807) is 0 Å². The fourth-order valence-electron chi connectivity index (χ4n) is 1.11. The van der Waals surface area contributed by atoms with Gasteiger partial charge in [-0.2, -0.15) is 5.10 Å². The van der Waals surface area contributed by atoms with Crippen molar-refractivity contribution in [2.24, 2.45) is 0 Å². The number of thiazole rings is 1. The molecule has 0 atom stereocenters. The van der Waals surface area contributed by atoms with E-state index in [4.69, 9.17) is 5.11 Å². The van der Waals surface area contributed by atoms with Gasteiger partial charge in [0.1, 0.15) is 11.2 Å². The molecule has 0 aliphatic rings. The van der Waals surface area contributed by atoms with E-state index in [0.717, 1.165) is 11.3 Å². The van der Waals surface area contributed by atoms with Crippen molar-refractivity contribution in [1.82, 2.24) is 20.2 Å². The SMILES string of the molecule is CC(=O)c1sc(-c2ncn[nH]2)nc1C(=O)O. The molecule has 8 heteroatoms. The van der Waals surface area contributed by atoms with Gasteiger partial charge in [-0.15, -0.1) is 11.3 Å².